The van der Waals surface area contributed by atoms with Crippen molar-refractivity contribution in [3.8, 4) is 0 Å². The molecule has 0 saturated carbocycles. The van der Waals surface area contributed by atoms with E-state index < -0.39 is 0 Å². The van der Waals surface area contributed by atoms with Gasteiger partial charge in [0, 0.05) is 5.25 Å². The van der Waals surface area contributed by atoms with Crippen molar-refractivity contribution in [1.82, 2.24) is 0 Å². The van der Waals surface area contributed by atoms with Gasteiger partial charge in [0.1, 0.15) is 0 Å². The summed E-state index contributed by atoms with van der Waals surface area (Å²) in [4.78, 5) is 0. The van der Waals surface area contributed by atoms with E-state index in [0.717, 1.165) is 0 Å². The van der Waals surface area contributed by atoms with Crippen LogP contribution in [0.25, 0.3) is 0 Å². The summed E-state index contributed by atoms with van der Waals surface area (Å²) in [6.07, 6.45) is 4.30. The maximum atomic E-state index is 2.22. The van der Waals surface area contributed by atoms with Crippen molar-refractivity contribution in [1.29, 1.82) is 0 Å². The van der Waals surface area contributed by atoms with Gasteiger partial charge in [-0.05, 0) is 27.0 Å². The maximum absolute atomic E-state index is 2.22. The molecule has 0 spiro atoms. The fourth-order valence-corrected chi connectivity index (χ4v) is 0.928. The first kappa shape index (κ1) is 8.09. The Bertz CT molecular complexity index is 84.4. The van der Waals surface area contributed by atoms with Crippen LogP contribution in [-0.2, 0) is 0 Å². The molecule has 0 N–H and O–H groups in total. The monoisotopic (exact) mass is 130 g/mol. The Kier molecular flexibility index (Phi) is 4.06. The third-order valence-corrected chi connectivity index (χ3v) is 2.53. The van der Waals surface area contributed by atoms with Crippen LogP contribution in [0.2, 0.25) is 0 Å². The Balaban J connectivity index is 3.63. The van der Waals surface area contributed by atoms with E-state index in [-0.39, 0.29) is 0 Å². The van der Waals surface area contributed by atoms with Gasteiger partial charge in [0.15, 0.2) is 0 Å². The third kappa shape index (κ3) is 2.41. The smallest absolute Gasteiger partial charge is 0.0222 e. The number of thioether (sulfide) groups is 1. The van der Waals surface area contributed by atoms with Crippen molar-refractivity contribution >= 4 is 11.8 Å². The number of hydrogen-bond acceptors (Lipinski definition) is 1. The molecule has 0 aromatic heterocycles. The van der Waals surface area contributed by atoms with Gasteiger partial charge in [-0.2, -0.15) is 11.8 Å². The molecule has 1 heteroatoms. The predicted molar refractivity (Wildman–Crippen MR) is 42.4 cm³/mol. The molecule has 0 aliphatic carbocycles. The van der Waals surface area contributed by atoms with Crippen molar-refractivity contribution in [2.24, 2.45) is 0 Å². The molecule has 0 fully saturated rings. The molecule has 0 bridgehead atoms. The predicted octanol–water partition coefficient (Wildman–Crippen LogP) is 2.70. The van der Waals surface area contributed by atoms with Crippen LogP contribution in [-0.4, -0.2) is 11.5 Å². The summed E-state index contributed by atoms with van der Waals surface area (Å²) in [5.74, 6) is 0. The molecule has 0 aromatic carbocycles. The molecular weight excluding hydrogens is 116 g/mol. The summed E-state index contributed by atoms with van der Waals surface area (Å²) in [5.41, 5.74) is 1.47. The van der Waals surface area contributed by atoms with Crippen LogP contribution in [0, 0.1) is 0 Å². The second-order valence-electron chi connectivity index (χ2n) is 1.91. The van der Waals surface area contributed by atoms with Gasteiger partial charge in [0.25, 0.3) is 0 Å². The Labute approximate surface area is 56.4 Å². The highest BCUT2D eigenvalue weighted by molar-refractivity contribution is 7.99. The molecular formula is C7H14S. The number of hydrogen-bond donors (Lipinski definition) is 0. The number of rotatable bonds is 2. The first-order valence-corrected chi connectivity index (χ1v) is 4.16. The summed E-state index contributed by atoms with van der Waals surface area (Å²) in [7, 11) is 0. The van der Waals surface area contributed by atoms with Gasteiger partial charge >= 0.3 is 0 Å². The zero-order chi connectivity index (χ0) is 6.57. The van der Waals surface area contributed by atoms with E-state index in [1.165, 1.54) is 5.57 Å². The Morgan fingerprint density at radius 3 is 2.25 bits per heavy atom. The van der Waals surface area contributed by atoms with Gasteiger partial charge in [-0.15, -0.1) is 0 Å². The van der Waals surface area contributed by atoms with Crippen LogP contribution in [0.5, 0.6) is 0 Å². The first-order chi connectivity index (χ1) is 3.72. The summed E-state index contributed by atoms with van der Waals surface area (Å²) >= 11 is 1.89. The maximum Gasteiger partial charge on any atom is 0.0222 e. The van der Waals surface area contributed by atoms with Gasteiger partial charge in [-0.25, -0.2) is 0 Å². The fraction of sp³-hybridized carbons (Fsp3) is 0.714. The van der Waals surface area contributed by atoms with Crippen molar-refractivity contribution in [2.75, 3.05) is 6.26 Å². The van der Waals surface area contributed by atoms with E-state index in [9.17, 15) is 0 Å². The SMILES string of the molecule is CC=C(C)C(C)SC. The summed E-state index contributed by atoms with van der Waals surface area (Å²) < 4.78 is 0. The van der Waals surface area contributed by atoms with Gasteiger partial charge < -0.3 is 0 Å². The summed E-state index contributed by atoms with van der Waals surface area (Å²) in [6.45, 7) is 6.48. The minimum Gasteiger partial charge on any atom is -0.158 e. The zero-order valence-corrected chi connectivity index (χ0v) is 6.88. The van der Waals surface area contributed by atoms with Crippen molar-refractivity contribution in [3.05, 3.63) is 11.6 Å². The van der Waals surface area contributed by atoms with E-state index in [2.05, 4.69) is 33.1 Å². The van der Waals surface area contributed by atoms with E-state index >= 15 is 0 Å². The van der Waals surface area contributed by atoms with Crippen LogP contribution in [0.15, 0.2) is 11.6 Å². The second-order valence-corrected chi connectivity index (χ2v) is 3.09. The van der Waals surface area contributed by atoms with Crippen molar-refractivity contribution < 1.29 is 0 Å². The molecule has 0 aromatic rings. The Morgan fingerprint density at radius 2 is 2.12 bits per heavy atom. The highest BCUT2D eigenvalue weighted by Crippen LogP contribution is 2.13. The van der Waals surface area contributed by atoms with Crippen LogP contribution in [0.4, 0.5) is 0 Å². The largest absolute Gasteiger partial charge is 0.158 e. The minimum absolute atomic E-state index is 0.694. The van der Waals surface area contributed by atoms with Crippen LogP contribution in [0.1, 0.15) is 20.8 Å². The average Bonchev–Trinajstić information content (AvgIpc) is 1.84. The van der Waals surface area contributed by atoms with Crippen LogP contribution >= 0.6 is 11.8 Å². The molecule has 1 atom stereocenters. The summed E-state index contributed by atoms with van der Waals surface area (Å²) in [6, 6.07) is 0. The Hall–Kier alpha value is 0.0900. The van der Waals surface area contributed by atoms with E-state index in [1.807, 2.05) is 11.8 Å². The topological polar surface area (TPSA) is 0 Å². The summed E-state index contributed by atoms with van der Waals surface area (Å²) in [5, 5.41) is 0.694. The fourth-order valence-electron chi connectivity index (χ4n) is 0.421. The highest BCUT2D eigenvalue weighted by Gasteiger charge is 1.97. The molecule has 0 nitrogen and oxygen atoms in total. The lowest BCUT2D eigenvalue weighted by Crippen LogP contribution is -1.94. The molecule has 1 unspecified atom stereocenters. The third-order valence-electron chi connectivity index (χ3n) is 1.45. The lowest BCUT2D eigenvalue weighted by atomic mass is 10.2. The van der Waals surface area contributed by atoms with Gasteiger partial charge in [-0.1, -0.05) is 11.6 Å². The van der Waals surface area contributed by atoms with E-state index in [0.29, 0.717) is 5.25 Å². The zero-order valence-electron chi connectivity index (χ0n) is 6.06. The van der Waals surface area contributed by atoms with Crippen LogP contribution in [0.3, 0.4) is 0 Å². The van der Waals surface area contributed by atoms with E-state index in [4.69, 9.17) is 0 Å². The second kappa shape index (κ2) is 4.02. The Morgan fingerprint density at radius 1 is 1.62 bits per heavy atom. The molecule has 0 aliphatic heterocycles. The molecule has 0 rings (SSSR count). The molecule has 0 amide bonds. The van der Waals surface area contributed by atoms with Gasteiger partial charge in [0.2, 0.25) is 0 Å². The highest BCUT2D eigenvalue weighted by atomic mass is 32.2. The molecule has 8 heavy (non-hydrogen) atoms. The normalized spacial score (nSPS) is 16.2. The molecule has 48 valence electrons. The molecule has 0 saturated heterocycles. The van der Waals surface area contributed by atoms with Gasteiger partial charge in [-0.3, -0.25) is 0 Å². The van der Waals surface area contributed by atoms with Crippen molar-refractivity contribution in [2.45, 2.75) is 26.0 Å². The van der Waals surface area contributed by atoms with Gasteiger partial charge in [0.05, 0.1) is 0 Å². The molecule has 0 heterocycles. The lowest BCUT2D eigenvalue weighted by molar-refractivity contribution is 1.12. The standard InChI is InChI=1S/C7H14S/c1-5-6(2)7(3)8-4/h5,7H,1-4H3. The number of allylic oxidation sites excluding steroid dienone is 1. The average molecular weight is 130 g/mol. The van der Waals surface area contributed by atoms with E-state index in [1.54, 1.807) is 0 Å². The molecule has 0 aliphatic rings. The van der Waals surface area contributed by atoms with Crippen molar-refractivity contribution in [3.63, 3.8) is 0 Å². The lowest BCUT2D eigenvalue weighted by Gasteiger charge is -2.05. The quantitative estimate of drug-likeness (QED) is 0.518. The molecule has 0 radical (unpaired) electrons. The first-order valence-electron chi connectivity index (χ1n) is 2.88. The van der Waals surface area contributed by atoms with Crippen LogP contribution < -0.4 is 0 Å². The minimum atomic E-state index is 0.694.